The van der Waals surface area contributed by atoms with Gasteiger partial charge in [0.05, 0.1) is 11.1 Å². The van der Waals surface area contributed by atoms with Gasteiger partial charge in [-0.3, -0.25) is 0 Å². The first-order chi connectivity index (χ1) is 29.5. The third kappa shape index (κ3) is 5.36. The van der Waals surface area contributed by atoms with E-state index in [1.807, 2.05) is 6.07 Å². The monoisotopic (exact) mass is 769 g/mol. The van der Waals surface area contributed by atoms with Gasteiger partial charge < -0.3 is 13.7 Å². The number of anilines is 3. The van der Waals surface area contributed by atoms with Crippen LogP contribution < -0.4 is 4.90 Å². The lowest BCUT2D eigenvalue weighted by Crippen LogP contribution is -2.16. The molecule has 0 spiro atoms. The fourth-order valence-electron chi connectivity index (χ4n) is 9.62. The molecule has 0 aliphatic heterocycles. The van der Waals surface area contributed by atoms with Gasteiger partial charge in [-0.05, 0) is 116 Å². The van der Waals surface area contributed by atoms with Crippen LogP contribution in [0.15, 0.2) is 209 Å². The van der Waals surface area contributed by atoms with Crippen molar-refractivity contribution in [2.45, 2.75) is 19.3 Å². The van der Waals surface area contributed by atoms with Crippen LogP contribution in [0.5, 0.6) is 0 Å². The van der Waals surface area contributed by atoms with Crippen LogP contribution in [0.4, 0.5) is 17.1 Å². The van der Waals surface area contributed by atoms with Crippen LogP contribution >= 0.6 is 0 Å². The molecule has 2 aromatic heterocycles. The van der Waals surface area contributed by atoms with Gasteiger partial charge in [0.15, 0.2) is 0 Å². The third-order valence-electron chi connectivity index (χ3n) is 12.7. The maximum absolute atomic E-state index is 6.76. The summed E-state index contributed by atoms with van der Waals surface area (Å²) in [5, 5.41) is 4.18. The van der Waals surface area contributed by atoms with Crippen LogP contribution in [0.25, 0.3) is 88.4 Å². The fraction of sp³-hybridized carbons (Fsp3) is 0.0526. The number of rotatable bonds is 6. The van der Waals surface area contributed by atoms with Gasteiger partial charge in [0, 0.05) is 32.9 Å². The van der Waals surface area contributed by atoms with Crippen LogP contribution in [0.3, 0.4) is 0 Å². The van der Waals surface area contributed by atoms with Gasteiger partial charge in [0.2, 0.25) is 0 Å². The van der Waals surface area contributed by atoms with Crippen molar-refractivity contribution >= 4 is 60.9 Å². The zero-order valence-electron chi connectivity index (χ0n) is 33.3. The van der Waals surface area contributed by atoms with Crippen molar-refractivity contribution in [3.05, 3.63) is 211 Å². The molecule has 3 nitrogen and oxygen atoms in total. The highest BCUT2D eigenvalue weighted by Crippen LogP contribution is 2.52. The minimum absolute atomic E-state index is 0.148. The predicted molar refractivity (Wildman–Crippen MR) is 250 cm³/mol. The molecule has 0 unspecified atom stereocenters. The summed E-state index contributed by atoms with van der Waals surface area (Å²) in [6.45, 7) is 4.69. The molecule has 284 valence electrons. The van der Waals surface area contributed by atoms with Gasteiger partial charge in [-0.25, -0.2) is 0 Å². The van der Waals surface area contributed by atoms with E-state index in [0.29, 0.717) is 0 Å². The van der Waals surface area contributed by atoms with Crippen LogP contribution in [0.1, 0.15) is 25.0 Å². The molecule has 0 amide bonds. The predicted octanol–water partition coefficient (Wildman–Crippen LogP) is 16.3. The van der Waals surface area contributed by atoms with E-state index in [1.165, 1.54) is 50.1 Å². The quantitative estimate of drug-likeness (QED) is 0.169. The van der Waals surface area contributed by atoms with Crippen molar-refractivity contribution in [2.75, 3.05) is 4.90 Å². The normalized spacial score (nSPS) is 13.0. The number of hydrogen-bond donors (Lipinski definition) is 0. The van der Waals surface area contributed by atoms with E-state index in [0.717, 1.165) is 66.5 Å². The minimum Gasteiger partial charge on any atom is -0.456 e. The Labute approximate surface area is 348 Å². The minimum atomic E-state index is -0.148. The summed E-state index contributed by atoms with van der Waals surface area (Å²) >= 11 is 0. The zero-order valence-corrected chi connectivity index (χ0v) is 33.3. The molecule has 0 saturated heterocycles. The first kappa shape index (κ1) is 34.4. The van der Waals surface area contributed by atoms with E-state index in [1.54, 1.807) is 0 Å². The van der Waals surface area contributed by atoms with Crippen molar-refractivity contribution in [1.82, 2.24) is 0 Å². The van der Waals surface area contributed by atoms with E-state index in [4.69, 9.17) is 8.83 Å². The van der Waals surface area contributed by atoms with Crippen molar-refractivity contribution in [1.29, 1.82) is 0 Å². The van der Waals surface area contributed by atoms with E-state index >= 15 is 0 Å². The lowest BCUT2D eigenvalue weighted by Gasteiger charge is -2.28. The molecule has 11 aromatic rings. The average molecular weight is 770 g/mol. The van der Waals surface area contributed by atoms with Crippen LogP contribution in [-0.4, -0.2) is 0 Å². The molecule has 0 atom stereocenters. The highest BCUT2D eigenvalue weighted by Gasteiger charge is 2.36. The lowest BCUT2D eigenvalue weighted by atomic mass is 9.82. The largest absolute Gasteiger partial charge is 0.456 e. The molecule has 0 radical (unpaired) electrons. The molecule has 1 aliphatic carbocycles. The molecule has 9 aromatic carbocycles. The smallest absolute Gasteiger partial charge is 0.137 e. The summed E-state index contributed by atoms with van der Waals surface area (Å²) < 4.78 is 13.3. The number of fused-ring (bicyclic) bond motifs is 9. The van der Waals surface area contributed by atoms with E-state index < -0.39 is 0 Å². The highest BCUT2D eigenvalue weighted by molar-refractivity contribution is 6.19. The van der Waals surface area contributed by atoms with E-state index in [-0.39, 0.29) is 5.41 Å². The maximum atomic E-state index is 6.76. The summed E-state index contributed by atoms with van der Waals surface area (Å²) in [6, 6.07) is 71.8. The standard InChI is InChI=1S/C57H39NO2/c1-57(2)49-17-10-9-16-44(49)45-30-29-43(33-50(45)57)58(42-27-24-40(25-28-42)39-22-20-38(21-23-39)36-12-5-3-6-13-36)51-18-11-19-53-56(51)48-35-54-47(34-55(48)60-53)46-32-41(26-31-52(46)59-54)37-14-7-4-8-15-37/h3-35H,1-2H3. The molecular formula is C57H39NO2. The van der Waals surface area contributed by atoms with Gasteiger partial charge in [0.1, 0.15) is 22.3 Å². The molecular weight excluding hydrogens is 731 g/mol. The number of nitrogens with zero attached hydrogens (tertiary/aromatic N) is 1. The van der Waals surface area contributed by atoms with E-state index in [2.05, 4.69) is 213 Å². The Balaban J connectivity index is 1.02. The molecule has 1 aliphatic rings. The molecule has 2 heterocycles. The van der Waals surface area contributed by atoms with Crippen LogP contribution in [0.2, 0.25) is 0 Å². The Morgan fingerprint density at radius 1 is 0.350 bits per heavy atom. The Hall–Kier alpha value is -7.62. The number of hydrogen-bond acceptors (Lipinski definition) is 3. The van der Waals surface area contributed by atoms with Crippen molar-refractivity contribution in [2.24, 2.45) is 0 Å². The van der Waals surface area contributed by atoms with Gasteiger partial charge in [0.25, 0.3) is 0 Å². The number of furan rings is 2. The first-order valence-electron chi connectivity index (χ1n) is 20.7. The highest BCUT2D eigenvalue weighted by atomic mass is 16.3. The molecule has 60 heavy (non-hydrogen) atoms. The Morgan fingerprint density at radius 3 is 1.62 bits per heavy atom. The molecule has 3 heteroatoms. The van der Waals surface area contributed by atoms with Crippen molar-refractivity contribution < 1.29 is 8.83 Å². The van der Waals surface area contributed by atoms with Crippen LogP contribution in [0, 0.1) is 0 Å². The summed E-state index contributed by atoms with van der Waals surface area (Å²) in [4.78, 5) is 2.40. The summed E-state index contributed by atoms with van der Waals surface area (Å²) in [7, 11) is 0. The average Bonchev–Trinajstić information content (AvgIpc) is 3.93. The van der Waals surface area contributed by atoms with Gasteiger partial charge in [-0.15, -0.1) is 0 Å². The van der Waals surface area contributed by atoms with Crippen molar-refractivity contribution in [3.63, 3.8) is 0 Å². The maximum Gasteiger partial charge on any atom is 0.137 e. The molecule has 12 rings (SSSR count). The SMILES string of the molecule is CC1(C)c2ccccc2-c2ccc(N(c3ccc(-c4ccc(-c5ccccc5)cc4)cc3)c3cccc4oc5cc6c(cc5c34)oc3ccc(-c4ccccc4)cc36)cc21. The second-order valence-electron chi connectivity index (χ2n) is 16.5. The topological polar surface area (TPSA) is 29.5 Å². The fourth-order valence-corrected chi connectivity index (χ4v) is 9.62. The molecule has 0 fully saturated rings. The summed E-state index contributed by atoms with van der Waals surface area (Å²) in [5.74, 6) is 0. The first-order valence-corrected chi connectivity index (χ1v) is 20.7. The number of benzene rings is 9. The Kier molecular flexibility index (Phi) is 7.58. The van der Waals surface area contributed by atoms with E-state index in [9.17, 15) is 0 Å². The Morgan fingerprint density at radius 2 is 0.883 bits per heavy atom. The third-order valence-corrected chi connectivity index (χ3v) is 12.7. The Bertz CT molecular complexity index is 3430. The molecule has 0 saturated carbocycles. The summed E-state index contributed by atoms with van der Waals surface area (Å²) in [6.07, 6.45) is 0. The van der Waals surface area contributed by atoms with Gasteiger partial charge >= 0.3 is 0 Å². The van der Waals surface area contributed by atoms with Gasteiger partial charge in [-0.1, -0.05) is 153 Å². The molecule has 0 N–H and O–H groups in total. The zero-order chi connectivity index (χ0) is 40.0. The van der Waals surface area contributed by atoms with Crippen LogP contribution in [-0.2, 0) is 5.41 Å². The van der Waals surface area contributed by atoms with Crippen molar-refractivity contribution in [3.8, 4) is 44.5 Å². The molecule has 0 bridgehead atoms. The lowest BCUT2D eigenvalue weighted by molar-refractivity contribution is 0.660. The van der Waals surface area contributed by atoms with Gasteiger partial charge in [-0.2, -0.15) is 0 Å². The summed E-state index contributed by atoms with van der Waals surface area (Å²) in [5.41, 5.74) is 18.8. The second-order valence-corrected chi connectivity index (χ2v) is 16.5. The second kappa shape index (κ2) is 13.2.